The summed E-state index contributed by atoms with van der Waals surface area (Å²) in [5, 5.41) is 9.34. The zero-order chi connectivity index (χ0) is 14.1. The fraction of sp³-hybridized carbons (Fsp3) is 0.200. The summed E-state index contributed by atoms with van der Waals surface area (Å²) in [5.74, 6) is -0.525. The third-order valence-corrected chi connectivity index (χ3v) is 3.84. The van der Waals surface area contributed by atoms with Gasteiger partial charge in [0.25, 0.3) is 0 Å². The molecular formula is C15H13ClN2O2. The fourth-order valence-electron chi connectivity index (χ4n) is 2.54. The molecule has 102 valence electrons. The Balaban J connectivity index is 2.11. The van der Waals surface area contributed by atoms with Crippen LogP contribution in [-0.2, 0) is 6.42 Å². The van der Waals surface area contributed by atoms with Gasteiger partial charge in [0.15, 0.2) is 5.82 Å². The minimum absolute atomic E-state index is 0.0831. The second-order valence-electron chi connectivity index (χ2n) is 4.69. The molecule has 3 rings (SSSR count). The van der Waals surface area contributed by atoms with Gasteiger partial charge in [0.05, 0.1) is 10.6 Å². The molecule has 0 aliphatic carbocycles. The van der Waals surface area contributed by atoms with Gasteiger partial charge >= 0.3 is 5.97 Å². The predicted molar refractivity (Wildman–Crippen MR) is 78.0 cm³/mol. The van der Waals surface area contributed by atoms with Gasteiger partial charge in [-0.25, -0.2) is 9.78 Å². The number of anilines is 2. The first kappa shape index (κ1) is 12.9. The lowest BCUT2D eigenvalue weighted by atomic mass is 10.0. The molecule has 5 heteroatoms. The molecule has 20 heavy (non-hydrogen) atoms. The first-order valence-electron chi connectivity index (χ1n) is 6.41. The Morgan fingerprint density at radius 2 is 2.10 bits per heavy atom. The molecule has 1 N–H and O–H groups in total. The standard InChI is InChI=1S/C15H13ClN2O2/c16-13-11(15(19)20)7-8-17-14(13)18-9-3-5-10-4-1-2-6-12(10)18/h1-2,4,6-8H,3,5,9H2,(H,19,20). The van der Waals surface area contributed by atoms with Crippen molar-refractivity contribution in [1.82, 2.24) is 4.98 Å². The van der Waals surface area contributed by atoms with Crippen molar-refractivity contribution >= 4 is 29.1 Å². The smallest absolute Gasteiger partial charge is 0.337 e. The average Bonchev–Trinajstić information content (AvgIpc) is 2.47. The van der Waals surface area contributed by atoms with Crippen molar-refractivity contribution in [2.45, 2.75) is 12.8 Å². The van der Waals surface area contributed by atoms with E-state index in [1.807, 2.05) is 23.1 Å². The summed E-state index contributed by atoms with van der Waals surface area (Å²) in [4.78, 5) is 17.4. The van der Waals surface area contributed by atoms with Crippen LogP contribution in [0.5, 0.6) is 0 Å². The summed E-state index contributed by atoms with van der Waals surface area (Å²) < 4.78 is 0. The van der Waals surface area contributed by atoms with E-state index in [4.69, 9.17) is 16.7 Å². The molecule has 2 heterocycles. The lowest BCUT2D eigenvalue weighted by Gasteiger charge is -2.31. The van der Waals surface area contributed by atoms with Crippen LogP contribution in [0.25, 0.3) is 0 Å². The van der Waals surface area contributed by atoms with Crippen LogP contribution in [0.3, 0.4) is 0 Å². The number of para-hydroxylation sites is 1. The number of pyridine rings is 1. The number of fused-ring (bicyclic) bond motifs is 1. The van der Waals surface area contributed by atoms with Gasteiger partial charge in [0.2, 0.25) is 0 Å². The quantitative estimate of drug-likeness (QED) is 0.919. The third-order valence-electron chi connectivity index (χ3n) is 3.47. The largest absolute Gasteiger partial charge is 0.478 e. The third kappa shape index (κ3) is 2.12. The van der Waals surface area contributed by atoms with Gasteiger partial charge in [0.1, 0.15) is 0 Å². The number of aromatic carboxylic acids is 1. The zero-order valence-corrected chi connectivity index (χ0v) is 11.5. The van der Waals surface area contributed by atoms with Crippen molar-refractivity contribution in [3.05, 3.63) is 52.7 Å². The number of benzene rings is 1. The van der Waals surface area contributed by atoms with Crippen molar-refractivity contribution in [2.75, 3.05) is 11.4 Å². The molecule has 0 fully saturated rings. The van der Waals surface area contributed by atoms with E-state index in [9.17, 15) is 4.79 Å². The van der Waals surface area contributed by atoms with Gasteiger partial charge in [-0.1, -0.05) is 29.8 Å². The van der Waals surface area contributed by atoms with E-state index in [-0.39, 0.29) is 10.6 Å². The molecule has 1 aliphatic heterocycles. The summed E-state index contributed by atoms with van der Waals surface area (Å²) in [7, 11) is 0. The Hall–Kier alpha value is -2.07. The molecule has 0 saturated carbocycles. The zero-order valence-electron chi connectivity index (χ0n) is 10.7. The Kier molecular flexibility index (Phi) is 3.32. The maximum atomic E-state index is 11.2. The van der Waals surface area contributed by atoms with Gasteiger partial charge < -0.3 is 10.0 Å². The summed E-state index contributed by atoms with van der Waals surface area (Å²) >= 11 is 6.22. The van der Waals surface area contributed by atoms with Crippen molar-refractivity contribution in [3.63, 3.8) is 0 Å². The molecule has 0 amide bonds. The van der Waals surface area contributed by atoms with Crippen molar-refractivity contribution in [2.24, 2.45) is 0 Å². The topological polar surface area (TPSA) is 53.4 Å². The minimum Gasteiger partial charge on any atom is -0.478 e. The molecule has 4 nitrogen and oxygen atoms in total. The van der Waals surface area contributed by atoms with Crippen LogP contribution < -0.4 is 4.90 Å². The van der Waals surface area contributed by atoms with E-state index in [1.165, 1.54) is 17.8 Å². The summed E-state index contributed by atoms with van der Waals surface area (Å²) in [5.41, 5.74) is 2.37. The van der Waals surface area contributed by atoms with Crippen LogP contribution in [0.2, 0.25) is 5.02 Å². The molecule has 1 aromatic heterocycles. The minimum atomic E-state index is -1.04. The predicted octanol–water partition coefficient (Wildman–Crippen LogP) is 3.52. The van der Waals surface area contributed by atoms with Crippen molar-refractivity contribution in [3.8, 4) is 0 Å². The highest BCUT2D eigenvalue weighted by Crippen LogP contribution is 2.36. The van der Waals surface area contributed by atoms with E-state index < -0.39 is 5.97 Å². The molecule has 0 saturated heterocycles. The Morgan fingerprint density at radius 1 is 1.30 bits per heavy atom. The molecule has 1 aromatic carbocycles. The van der Waals surface area contributed by atoms with Gasteiger partial charge in [-0.2, -0.15) is 0 Å². The normalized spacial score (nSPS) is 13.9. The molecule has 0 radical (unpaired) electrons. The van der Waals surface area contributed by atoms with Crippen LogP contribution in [0, 0.1) is 0 Å². The molecule has 0 bridgehead atoms. The summed E-state index contributed by atoms with van der Waals surface area (Å²) in [6, 6.07) is 9.48. The first-order valence-corrected chi connectivity index (χ1v) is 6.79. The second-order valence-corrected chi connectivity index (χ2v) is 5.06. The highest BCUT2D eigenvalue weighted by atomic mass is 35.5. The molecule has 1 aliphatic rings. The van der Waals surface area contributed by atoms with E-state index in [2.05, 4.69) is 11.1 Å². The first-order chi connectivity index (χ1) is 9.68. The SMILES string of the molecule is O=C(O)c1ccnc(N2CCCc3ccccc32)c1Cl. The highest BCUT2D eigenvalue weighted by molar-refractivity contribution is 6.36. The van der Waals surface area contributed by atoms with Crippen LogP contribution in [-0.4, -0.2) is 22.6 Å². The number of carboxylic acids is 1. The Labute approximate surface area is 121 Å². The van der Waals surface area contributed by atoms with E-state index in [0.29, 0.717) is 5.82 Å². The maximum absolute atomic E-state index is 11.2. The summed E-state index contributed by atoms with van der Waals surface area (Å²) in [6.45, 7) is 0.785. The fourth-order valence-corrected chi connectivity index (χ4v) is 2.83. The molecule has 0 atom stereocenters. The number of carbonyl (C=O) groups is 1. The maximum Gasteiger partial charge on any atom is 0.337 e. The summed E-state index contributed by atoms with van der Waals surface area (Å²) in [6.07, 6.45) is 3.50. The van der Waals surface area contributed by atoms with Crippen LogP contribution in [0.1, 0.15) is 22.3 Å². The monoisotopic (exact) mass is 288 g/mol. The number of carboxylic acid groups (broad SMARTS) is 1. The average molecular weight is 289 g/mol. The molecule has 0 spiro atoms. The number of aromatic nitrogens is 1. The van der Waals surface area contributed by atoms with Gasteiger partial charge in [0, 0.05) is 18.4 Å². The van der Waals surface area contributed by atoms with Crippen molar-refractivity contribution < 1.29 is 9.90 Å². The molecular weight excluding hydrogens is 276 g/mol. The number of halogens is 1. The number of nitrogens with zero attached hydrogens (tertiary/aromatic N) is 2. The van der Waals surface area contributed by atoms with Crippen LogP contribution in [0.4, 0.5) is 11.5 Å². The van der Waals surface area contributed by atoms with Gasteiger partial charge in [-0.3, -0.25) is 0 Å². The number of hydrogen-bond acceptors (Lipinski definition) is 3. The highest BCUT2D eigenvalue weighted by Gasteiger charge is 2.23. The molecule has 0 unspecified atom stereocenters. The van der Waals surface area contributed by atoms with Gasteiger partial charge in [-0.15, -0.1) is 0 Å². The number of hydrogen-bond donors (Lipinski definition) is 1. The van der Waals surface area contributed by atoms with Crippen molar-refractivity contribution in [1.29, 1.82) is 0 Å². The number of rotatable bonds is 2. The Morgan fingerprint density at radius 3 is 2.90 bits per heavy atom. The van der Waals surface area contributed by atoms with E-state index in [1.54, 1.807) is 0 Å². The number of aryl methyl sites for hydroxylation is 1. The second kappa shape index (κ2) is 5.13. The molecule has 2 aromatic rings. The lowest BCUT2D eigenvalue weighted by Crippen LogP contribution is -2.26. The van der Waals surface area contributed by atoms with Crippen LogP contribution in [0.15, 0.2) is 36.5 Å². The van der Waals surface area contributed by atoms with E-state index >= 15 is 0 Å². The van der Waals surface area contributed by atoms with Gasteiger partial charge in [-0.05, 0) is 30.5 Å². The van der Waals surface area contributed by atoms with Crippen LogP contribution >= 0.6 is 11.6 Å². The Bertz CT molecular complexity index is 673. The van der Waals surface area contributed by atoms with E-state index in [0.717, 1.165) is 25.1 Å². The lowest BCUT2D eigenvalue weighted by molar-refractivity contribution is 0.0697.